The number of hydrogen-bond acceptors (Lipinski definition) is 3. The zero-order valence-electron chi connectivity index (χ0n) is 15.9. The van der Waals surface area contributed by atoms with Crippen LogP contribution in [0.25, 0.3) is 0 Å². The number of hydrogen-bond donors (Lipinski definition) is 1. The van der Waals surface area contributed by atoms with Crippen LogP contribution in [0, 0.1) is 5.92 Å². The van der Waals surface area contributed by atoms with Gasteiger partial charge in [0.15, 0.2) is 0 Å². The number of piperidine rings is 1. The fourth-order valence-electron chi connectivity index (χ4n) is 5.01. The van der Waals surface area contributed by atoms with Crippen molar-refractivity contribution >= 4 is 11.6 Å². The minimum absolute atomic E-state index is 0.200. The molecule has 144 valence electrons. The van der Waals surface area contributed by atoms with Crippen molar-refractivity contribution in [3.63, 3.8) is 0 Å². The topological polar surface area (TPSA) is 32.7 Å². The Morgan fingerprint density at radius 1 is 1.11 bits per heavy atom. The largest absolute Gasteiger partial charge is 0.497 e. The standard InChI is InChI=1S/C23H28ClNO2/c1-27-19-11-9-17(10-12-19)22-20-7-4-5-13-23(20,26)14-15-25(22)16-18-6-2-3-8-21(18)24/h2-3,6,8-12,20,22,26H,4-5,7,13-16H2,1H3/t20-,22-,23-/m1/s1. The molecule has 0 radical (unpaired) electrons. The molecule has 2 aromatic carbocycles. The van der Waals surface area contributed by atoms with Crippen LogP contribution in [-0.4, -0.2) is 29.3 Å². The minimum atomic E-state index is -0.542. The van der Waals surface area contributed by atoms with Crippen molar-refractivity contribution in [3.8, 4) is 5.75 Å². The van der Waals surface area contributed by atoms with Gasteiger partial charge < -0.3 is 9.84 Å². The second-order valence-electron chi connectivity index (χ2n) is 7.99. The Balaban J connectivity index is 1.69. The van der Waals surface area contributed by atoms with E-state index in [9.17, 15) is 5.11 Å². The Morgan fingerprint density at radius 2 is 1.89 bits per heavy atom. The van der Waals surface area contributed by atoms with Crippen molar-refractivity contribution in [2.45, 2.75) is 50.3 Å². The van der Waals surface area contributed by atoms with Crippen LogP contribution in [0.3, 0.4) is 0 Å². The zero-order valence-corrected chi connectivity index (χ0v) is 16.7. The minimum Gasteiger partial charge on any atom is -0.497 e. The number of methoxy groups -OCH3 is 1. The van der Waals surface area contributed by atoms with Gasteiger partial charge in [-0.3, -0.25) is 4.90 Å². The smallest absolute Gasteiger partial charge is 0.118 e. The summed E-state index contributed by atoms with van der Waals surface area (Å²) >= 11 is 6.45. The highest BCUT2D eigenvalue weighted by Crippen LogP contribution is 2.49. The highest BCUT2D eigenvalue weighted by atomic mass is 35.5. The highest BCUT2D eigenvalue weighted by molar-refractivity contribution is 6.31. The van der Waals surface area contributed by atoms with Gasteiger partial charge in [0.2, 0.25) is 0 Å². The summed E-state index contributed by atoms with van der Waals surface area (Å²) in [7, 11) is 1.69. The quantitative estimate of drug-likeness (QED) is 0.783. The Kier molecular flexibility index (Phi) is 5.45. The maximum absolute atomic E-state index is 11.4. The molecule has 0 unspecified atom stereocenters. The Hall–Kier alpha value is -1.55. The summed E-state index contributed by atoms with van der Waals surface area (Å²) in [6.07, 6.45) is 5.16. The van der Waals surface area contributed by atoms with Crippen LogP contribution in [0.4, 0.5) is 0 Å². The van der Waals surface area contributed by atoms with E-state index in [1.807, 2.05) is 30.3 Å². The fourth-order valence-corrected chi connectivity index (χ4v) is 5.20. The third-order valence-electron chi connectivity index (χ3n) is 6.46. The normalized spacial score (nSPS) is 28.6. The zero-order chi connectivity index (χ0) is 18.9. The molecule has 0 amide bonds. The Morgan fingerprint density at radius 3 is 2.63 bits per heavy atom. The Bertz CT molecular complexity index is 778. The molecule has 2 fully saturated rings. The van der Waals surface area contributed by atoms with E-state index in [4.69, 9.17) is 16.3 Å². The lowest BCUT2D eigenvalue weighted by atomic mass is 9.66. The monoisotopic (exact) mass is 385 g/mol. The number of rotatable bonds is 4. The number of halogens is 1. The summed E-state index contributed by atoms with van der Waals surface area (Å²) in [4.78, 5) is 2.51. The van der Waals surface area contributed by atoms with Gasteiger partial charge in [0.05, 0.1) is 12.7 Å². The van der Waals surface area contributed by atoms with E-state index in [0.29, 0.717) is 0 Å². The molecule has 1 saturated carbocycles. The van der Waals surface area contributed by atoms with E-state index in [2.05, 4.69) is 23.1 Å². The van der Waals surface area contributed by atoms with E-state index in [-0.39, 0.29) is 12.0 Å². The van der Waals surface area contributed by atoms with Crippen molar-refractivity contribution in [2.75, 3.05) is 13.7 Å². The average Bonchev–Trinajstić information content (AvgIpc) is 2.70. The van der Waals surface area contributed by atoms with E-state index in [1.165, 1.54) is 12.0 Å². The molecule has 3 nitrogen and oxygen atoms in total. The summed E-state index contributed by atoms with van der Waals surface area (Å²) in [6, 6.07) is 16.7. The molecule has 1 aliphatic heterocycles. The molecule has 2 aliphatic rings. The van der Waals surface area contributed by atoms with Gasteiger partial charge in [-0.15, -0.1) is 0 Å². The number of nitrogens with zero attached hydrogens (tertiary/aromatic N) is 1. The summed E-state index contributed by atoms with van der Waals surface area (Å²) in [5, 5.41) is 12.2. The molecule has 4 rings (SSSR count). The van der Waals surface area contributed by atoms with E-state index in [0.717, 1.165) is 55.1 Å². The second kappa shape index (κ2) is 7.83. The van der Waals surface area contributed by atoms with Crippen molar-refractivity contribution in [1.82, 2.24) is 4.90 Å². The molecule has 1 saturated heterocycles. The van der Waals surface area contributed by atoms with Crippen LogP contribution in [0.15, 0.2) is 48.5 Å². The van der Waals surface area contributed by atoms with Crippen LogP contribution in [0.1, 0.15) is 49.3 Å². The molecule has 1 N–H and O–H groups in total. The van der Waals surface area contributed by atoms with E-state index >= 15 is 0 Å². The highest BCUT2D eigenvalue weighted by Gasteiger charge is 2.48. The fraction of sp³-hybridized carbons (Fsp3) is 0.478. The van der Waals surface area contributed by atoms with Gasteiger partial charge in [-0.05, 0) is 48.6 Å². The van der Waals surface area contributed by atoms with Crippen molar-refractivity contribution in [1.29, 1.82) is 0 Å². The lowest BCUT2D eigenvalue weighted by Gasteiger charge is -2.53. The predicted molar refractivity (Wildman–Crippen MR) is 109 cm³/mol. The summed E-state index contributed by atoms with van der Waals surface area (Å²) < 4.78 is 5.34. The summed E-state index contributed by atoms with van der Waals surface area (Å²) in [5.41, 5.74) is 1.87. The van der Waals surface area contributed by atoms with Crippen molar-refractivity contribution < 1.29 is 9.84 Å². The molecule has 2 aromatic rings. The molecule has 1 heterocycles. The molecular formula is C23H28ClNO2. The van der Waals surface area contributed by atoms with Gasteiger partial charge in [0.1, 0.15) is 5.75 Å². The van der Waals surface area contributed by atoms with Gasteiger partial charge in [-0.2, -0.15) is 0 Å². The summed E-state index contributed by atoms with van der Waals surface area (Å²) in [6.45, 7) is 1.69. The maximum Gasteiger partial charge on any atom is 0.118 e. The average molecular weight is 386 g/mol. The van der Waals surface area contributed by atoms with Gasteiger partial charge in [0, 0.05) is 30.1 Å². The van der Waals surface area contributed by atoms with Gasteiger partial charge in [-0.25, -0.2) is 0 Å². The maximum atomic E-state index is 11.4. The van der Waals surface area contributed by atoms with Crippen LogP contribution in [-0.2, 0) is 6.54 Å². The molecular weight excluding hydrogens is 358 g/mol. The summed E-state index contributed by atoms with van der Waals surface area (Å²) in [5.74, 6) is 1.13. The van der Waals surface area contributed by atoms with Crippen LogP contribution >= 0.6 is 11.6 Å². The van der Waals surface area contributed by atoms with Crippen LogP contribution in [0.2, 0.25) is 5.02 Å². The van der Waals surface area contributed by atoms with Crippen molar-refractivity contribution in [3.05, 3.63) is 64.7 Å². The SMILES string of the molecule is COc1ccc([C@@H]2[C@H]3CCCC[C@@]3(O)CCN2Cc2ccccc2Cl)cc1. The number of fused-ring (bicyclic) bond motifs is 1. The molecule has 0 spiro atoms. The lowest BCUT2D eigenvalue weighted by molar-refractivity contribution is -0.126. The molecule has 3 atom stereocenters. The predicted octanol–water partition coefficient (Wildman–Crippen LogP) is 5.22. The van der Waals surface area contributed by atoms with Gasteiger partial charge >= 0.3 is 0 Å². The van der Waals surface area contributed by atoms with E-state index in [1.54, 1.807) is 7.11 Å². The van der Waals surface area contributed by atoms with Gasteiger partial charge in [0.25, 0.3) is 0 Å². The third-order valence-corrected chi connectivity index (χ3v) is 6.83. The van der Waals surface area contributed by atoms with Crippen LogP contribution in [0.5, 0.6) is 5.75 Å². The molecule has 0 aromatic heterocycles. The number of likely N-dealkylation sites (tertiary alicyclic amines) is 1. The third kappa shape index (κ3) is 3.73. The van der Waals surface area contributed by atoms with Crippen LogP contribution < -0.4 is 4.74 Å². The number of ether oxygens (including phenoxy) is 1. The first kappa shape index (κ1) is 18.8. The first-order valence-electron chi connectivity index (χ1n) is 9.94. The van der Waals surface area contributed by atoms with E-state index < -0.39 is 5.60 Å². The molecule has 0 bridgehead atoms. The lowest BCUT2D eigenvalue weighted by Crippen LogP contribution is -2.54. The first-order chi connectivity index (χ1) is 13.1. The molecule has 1 aliphatic carbocycles. The second-order valence-corrected chi connectivity index (χ2v) is 8.39. The molecule has 4 heteroatoms. The van der Waals surface area contributed by atoms with Crippen molar-refractivity contribution in [2.24, 2.45) is 5.92 Å². The number of benzene rings is 2. The molecule has 27 heavy (non-hydrogen) atoms. The number of aliphatic hydroxyl groups is 1. The Labute approximate surface area is 166 Å². The first-order valence-corrected chi connectivity index (χ1v) is 10.3. The van der Waals surface area contributed by atoms with Gasteiger partial charge in [-0.1, -0.05) is 54.8 Å².